The lowest BCUT2D eigenvalue weighted by molar-refractivity contribution is 0.0168. The van der Waals surface area contributed by atoms with E-state index in [0.29, 0.717) is 6.61 Å². The molecule has 0 fully saturated rings. The number of fused-ring (bicyclic) bond motifs is 1. The molecular weight excluding hydrogens is 464 g/mol. The number of hydrogen-bond acceptors (Lipinski definition) is 4. The summed E-state index contributed by atoms with van der Waals surface area (Å²) in [5.74, 6) is 0.785. The lowest BCUT2D eigenvalue weighted by Crippen LogP contribution is -2.41. The summed E-state index contributed by atoms with van der Waals surface area (Å²) in [4.78, 5) is 14.0. The molecule has 0 radical (unpaired) electrons. The molecule has 0 saturated carbocycles. The molecule has 0 aliphatic heterocycles. The number of aromatic nitrogens is 1. The average molecular weight is 501 g/mol. The van der Waals surface area contributed by atoms with Gasteiger partial charge in [-0.2, -0.15) is 0 Å². The maximum absolute atomic E-state index is 12.5. The number of carbonyl (C=O) groups excluding carboxylic acids is 1. The third kappa shape index (κ3) is 6.71. The van der Waals surface area contributed by atoms with Crippen molar-refractivity contribution in [3.05, 3.63) is 102 Å². The minimum Gasteiger partial charge on any atom is -0.489 e. The van der Waals surface area contributed by atoms with Crippen LogP contribution >= 0.6 is 0 Å². The van der Waals surface area contributed by atoms with Crippen molar-refractivity contribution in [2.45, 2.75) is 52.0 Å². The standard InChI is InChI=1S/C31H36N2O4/c1-22-10-9-11-23(18-22)21-36-26-14-15-27-25(19-26)16-17-33(27)29(24-12-7-6-8-13-24)28(34)20-32(5)30(35)37-31(2,3)4/h6-19,28-29,34H,20-21H2,1-5H3/t28-,29+/m1/s1. The van der Waals surface area contributed by atoms with E-state index in [4.69, 9.17) is 9.47 Å². The average Bonchev–Trinajstić information content (AvgIpc) is 3.25. The molecule has 2 atom stereocenters. The van der Waals surface area contributed by atoms with Gasteiger partial charge in [0, 0.05) is 24.1 Å². The third-order valence-corrected chi connectivity index (χ3v) is 6.15. The van der Waals surface area contributed by atoms with Gasteiger partial charge in [0.2, 0.25) is 0 Å². The smallest absolute Gasteiger partial charge is 0.410 e. The maximum Gasteiger partial charge on any atom is 0.410 e. The van der Waals surface area contributed by atoms with Crippen LogP contribution in [0.4, 0.5) is 4.79 Å². The predicted octanol–water partition coefficient (Wildman–Crippen LogP) is 6.35. The van der Waals surface area contributed by atoms with Crippen LogP contribution in [0.5, 0.6) is 5.75 Å². The summed E-state index contributed by atoms with van der Waals surface area (Å²) < 4.78 is 13.6. The Balaban J connectivity index is 1.58. The van der Waals surface area contributed by atoms with E-state index < -0.39 is 23.8 Å². The van der Waals surface area contributed by atoms with Crippen LogP contribution in [0, 0.1) is 6.92 Å². The van der Waals surface area contributed by atoms with E-state index in [0.717, 1.165) is 27.8 Å². The number of ether oxygens (including phenoxy) is 2. The molecule has 0 bridgehead atoms. The zero-order chi connectivity index (χ0) is 26.6. The van der Waals surface area contributed by atoms with E-state index in [1.165, 1.54) is 10.5 Å². The number of likely N-dealkylation sites (N-methyl/N-ethyl adjacent to an activating group) is 1. The summed E-state index contributed by atoms with van der Waals surface area (Å²) in [6.07, 6.45) is 0.641. The van der Waals surface area contributed by atoms with Crippen molar-refractivity contribution in [3.63, 3.8) is 0 Å². The molecule has 1 aromatic heterocycles. The minimum absolute atomic E-state index is 0.117. The fourth-order valence-electron chi connectivity index (χ4n) is 4.46. The molecule has 6 nitrogen and oxygen atoms in total. The number of benzene rings is 3. The van der Waals surface area contributed by atoms with Crippen molar-refractivity contribution < 1.29 is 19.4 Å². The first-order valence-corrected chi connectivity index (χ1v) is 12.6. The summed E-state index contributed by atoms with van der Waals surface area (Å²) in [5, 5.41) is 12.4. The van der Waals surface area contributed by atoms with Crippen molar-refractivity contribution in [3.8, 4) is 5.75 Å². The number of carbonyl (C=O) groups is 1. The second-order valence-corrected chi connectivity index (χ2v) is 10.5. The molecule has 0 unspecified atom stereocenters. The van der Waals surface area contributed by atoms with Gasteiger partial charge in [0.05, 0.1) is 18.7 Å². The zero-order valence-corrected chi connectivity index (χ0v) is 22.2. The van der Waals surface area contributed by atoms with Crippen LogP contribution in [0.15, 0.2) is 85.1 Å². The van der Waals surface area contributed by atoms with Crippen LogP contribution in [-0.2, 0) is 11.3 Å². The van der Waals surface area contributed by atoms with Crippen LogP contribution < -0.4 is 4.74 Å². The highest BCUT2D eigenvalue weighted by molar-refractivity contribution is 5.82. The molecule has 3 aromatic carbocycles. The summed E-state index contributed by atoms with van der Waals surface area (Å²) >= 11 is 0. The number of amides is 1. The van der Waals surface area contributed by atoms with E-state index in [1.807, 2.05) is 87.6 Å². The van der Waals surface area contributed by atoms with E-state index in [1.54, 1.807) is 7.05 Å². The molecule has 6 heteroatoms. The second kappa shape index (κ2) is 11.1. The van der Waals surface area contributed by atoms with Gasteiger partial charge in [0.25, 0.3) is 0 Å². The Hall–Kier alpha value is -3.77. The van der Waals surface area contributed by atoms with E-state index in [-0.39, 0.29) is 6.54 Å². The minimum atomic E-state index is -0.868. The number of aryl methyl sites for hydroxylation is 1. The second-order valence-electron chi connectivity index (χ2n) is 10.5. The molecule has 0 saturated heterocycles. The Labute approximate surface area is 219 Å². The summed E-state index contributed by atoms with van der Waals surface area (Å²) in [5.41, 5.74) is 3.64. The molecule has 4 aromatic rings. The zero-order valence-electron chi connectivity index (χ0n) is 22.2. The Morgan fingerprint density at radius 1 is 1.00 bits per heavy atom. The van der Waals surface area contributed by atoms with Gasteiger partial charge < -0.3 is 24.0 Å². The molecule has 0 aliphatic rings. The SMILES string of the molecule is Cc1cccc(COc2ccc3c(ccn3[C@@H](c3ccccc3)[C@H](O)CN(C)C(=O)OC(C)(C)C)c2)c1. The van der Waals surface area contributed by atoms with E-state index >= 15 is 0 Å². The molecule has 0 aliphatic carbocycles. The maximum atomic E-state index is 12.5. The van der Waals surface area contributed by atoms with Gasteiger partial charge in [0.15, 0.2) is 0 Å². The summed E-state index contributed by atoms with van der Waals surface area (Å²) in [6.45, 7) is 8.16. The number of aliphatic hydroxyl groups excluding tert-OH is 1. The van der Waals surface area contributed by atoms with Crippen LogP contribution in [0.25, 0.3) is 10.9 Å². The van der Waals surface area contributed by atoms with Gasteiger partial charge in [-0.1, -0.05) is 60.2 Å². The van der Waals surface area contributed by atoms with Gasteiger partial charge in [0.1, 0.15) is 18.0 Å². The normalized spacial score (nSPS) is 13.2. The Bertz CT molecular complexity index is 1340. The fourth-order valence-corrected chi connectivity index (χ4v) is 4.46. The molecule has 1 amide bonds. The fraction of sp³-hybridized carbons (Fsp3) is 0.323. The van der Waals surface area contributed by atoms with Gasteiger partial charge in [-0.15, -0.1) is 0 Å². The summed E-state index contributed by atoms with van der Waals surface area (Å²) in [7, 11) is 1.64. The first kappa shape index (κ1) is 26.3. The van der Waals surface area contributed by atoms with Crippen molar-refractivity contribution in [1.82, 2.24) is 9.47 Å². The Morgan fingerprint density at radius 3 is 2.46 bits per heavy atom. The predicted molar refractivity (Wildman–Crippen MR) is 147 cm³/mol. The van der Waals surface area contributed by atoms with Crippen molar-refractivity contribution >= 4 is 17.0 Å². The Kier molecular flexibility index (Phi) is 7.89. The first-order valence-electron chi connectivity index (χ1n) is 12.6. The molecular formula is C31H36N2O4. The van der Waals surface area contributed by atoms with Crippen molar-refractivity contribution in [2.24, 2.45) is 0 Å². The highest BCUT2D eigenvalue weighted by atomic mass is 16.6. The Morgan fingerprint density at radius 2 is 1.76 bits per heavy atom. The molecule has 194 valence electrons. The monoisotopic (exact) mass is 500 g/mol. The van der Waals surface area contributed by atoms with Crippen LogP contribution in [0.2, 0.25) is 0 Å². The summed E-state index contributed by atoms with van der Waals surface area (Å²) in [6, 6.07) is 25.7. The van der Waals surface area contributed by atoms with Crippen molar-refractivity contribution in [2.75, 3.05) is 13.6 Å². The highest BCUT2D eigenvalue weighted by Crippen LogP contribution is 2.30. The number of rotatable bonds is 8. The van der Waals surface area contributed by atoms with E-state index in [2.05, 4.69) is 29.7 Å². The topological polar surface area (TPSA) is 63.9 Å². The third-order valence-electron chi connectivity index (χ3n) is 6.15. The lowest BCUT2D eigenvalue weighted by atomic mass is 10.0. The van der Waals surface area contributed by atoms with Crippen LogP contribution in [0.3, 0.4) is 0 Å². The first-order chi connectivity index (χ1) is 17.6. The van der Waals surface area contributed by atoms with Crippen molar-refractivity contribution in [1.29, 1.82) is 0 Å². The van der Waals surface area contributed by atoms with Crippen LogP contribution in [0.1, 0.15) is 43.5 Å². The number of nitrogens with zero attached hydrogens (tertiary/aromatic N) is 2. The van der Waals surface area contributed by atoms with E-state index in [9.17, 15) is 9.90 Å². The molecule has 4 rings (SSSR count). The van der Waals surface area contributed by atoms with Gasteiger partial charge in [-0.3, -0.25) is 0 Å². The lowest BCUT2D eigenvalue weighted by Gasteiger charge is -2.30. The highest BCUT2D eigenvalue weighted by Gasteiger charge is 2.28. The van der Waals surface area contributed by atoms with Gasteiger partial charge in [-0.05, 0) is 63.1 Å². The van der Waals surface area contributed by atoms with Crippen LogP contribution in [-0.4, -0.2) is 46.0 Å². The van der Waals surface area contributed by atoms with Gasteiger partial charge in [-0.25, -0.2) is 4.79 Å². The number of hydrogen-bond donors (Lipinski definition) is 1. The number of aliphatic hydroxyl groups is 1. The molecule has 0 spiro atoms. The molecule has 37 heavy (non-hydrogen) atoms. The van der Waals surface area contributed by atoms with Gasteiger partial charge >= 0.3 is 6.09 Å². The largest absolute Gasteiger partial charge is 0.489 e. The molecule has 1 heterocycles. The quantitative estimate of drug-likeness (QED) is 0.306. The molecule has 1 N–H and O–H groups in total.